The quantitative estimate of drug-likeness (QED) is 0.548. The highest BCUT2D eigenvalue weighted by Crippen LogP contribution is 2.23. The summed E-state index contributed by atoms with van der Waals surface area (Å²) >= 11 is 3.25. The van der Waals surface area contributed by atoms with E-state index in [2.05, 4.69) is 20.7 Å². The Morgan fingerprint density at radius 3 is 2.60 bits per heavy atom. The first-order valence-electron chi connectivity index (χ1n) is 5.87. The maximum absolute atomic E-state index is 11.8. The normalized spacial score (nSPS) is 11.4. The standard InChI is InChI=1S/C13H14BrF3O3/c1-9(18)11-7-10(14)3-4-12(11)20-6-2-5-19-8-13(15,16)17/h3-4,7H,2,5-6,8H2,1H3. The van der Waals surface area contributed by atoms with E-state index in [4.69, 9.17) is 4.74 Å². The second kappa shape index (κ2) is 7.64. The van der Waals surface area contributed by atoms with Crippen molar-refractivity contribution in [2.75, 3.05) is 19.8 Å². The SMILES string of the molecule is CC(=O)c1cc(Br)ccc1OCCCOCC(F)(F)F. The van der Waals surface area contributed by atoms with Crippen LogP contribution in [0.4, 0.5) is 13.2 Å². The Labute approximate surface area is 123 Å². The van der Waals surface area contributed by atoms with E-state index in [0.29, 0.717) is 17.7 Å². The first kappa shape index (κ1) is 17.0. The third-order valence-electron chi connectivity index (χ3n) is 2.28. The lowest BCUT2D eigenvalue weighted by Crippen LogP contribution is -2.18. The number of halogens is 4. The van der Waals surface area contributed by atoms with Crippen molar-refractivity contribution in [3.8, 4) is 5.75 Å². The third kappa shape index (κ3) is 6.38. The minimum absolute atomic E-state index is 0.0502. The Morgan fingerprint density at radius 2 is 2.00 bits per heavy atom. The van der Waals surface area contributed by atoms with Crippen LogP contribution in [-0.2, 0) is 4.74 Å². The van der Waals surface area contributed by atoms with E-state index in [9.17, 15) is 18.0 Å². The van der Waals surface area contributed by atoms with Crippen LogP contribution in [-0.4, -0.2) is 31.8 Å². The molecule has 0 fully saturated rings. The number of Topliss-reactive ketones (excluding diaryl/α,β-unsaturated/α-hetero) is 1. The van der Waals surface area contributed by atoms with E-state index in [0.717, 1.165) is 4.47 Å². The third-order valence-corrected chi connectivity index (χ3v) is 2.77. The number of ether oxygens (including phenoxy) is 2. The van der Waals surface area contributed by atoms with Gasteiger partial charge in [0.05, 0.1) is 18.8 Å². The van der Waals surface area contributed by atoms with Crippen molar-refractivity contribution in [1.82, 2.24) is 0 Å². The van der Waals surface area contributed by atoms with E-state index in [1.54, 1.807) is 18.2 Å². The second-order valence-electron chi connectivity index (χ2n) is 4.07. The van der Waals surface area contributed by atoms with Crippen LogP contribution in [0.15, 0.2) is 22.7 Å². The van der Waals surface area contributed by atoms with Crippen LogP contribution in [0.25, 0.3) is 0 Å². The minimum Gasteiger partial charge on any atom is -0.493 e. The molecular weight excluding hydrogens is 341 g/mol. The summed E-state index contributed by atoms with van der Waals surface area (Å²) in [5, 5.41) is 0. The second-order valence-corrected chi connectivity index (χ2v) is 4.98. The molecule has 0 saturated carbocycles. The molecule has 1 aromatic rings. The smallest absolute Gasteiger partial charge is 0.411 e. The van der Waals surface area contributed by atoms with Crippen LogP contribution in [0, 0.1) is 0 Å². The average molecular weight is 355 g/mol. The zero-order chi connectivity index (χ0) is 15.2. The molecule has 20 heavy (non-hydrogen) atoms. The minimum atomic E-state index is -4.31. The van der Waals surface area contributed by atoms with Gasteiger partial charge in [0.1, 0.15) is 12.4 Å². The summed E-state index contributed by atoms with van der Waals surface area (Å²) in [6, 6.07) is 5.00. The van der Waals surface area contributed by atoms with Gasteiger partial charge in [-0.2, -0.15) is 13.2 Å². The predicted molar refractivity (Wildman–Crippen MR) is 71.1 cm³/mol. The van der Waals surface area contributed by atoms with Gasteiger partial charge < -0.3 is 9.47 Å². The molecule has 3 nitrogen and oxygen atoms in total. The van der Waals surface area contributed by atoms with Crippen LogP contribution >= 0.6 is 15.9 Å². The highest BCUT2D eigenvalue weighted by atomic mass is 79.9. The topological polar surface area (TPSA) is 35.5 Å². The lowest BCUT2D eigenvalue weighted by molar-refractivity contribution is -0.174. The first-order chi connectivity index (χ1) is 9.29. The molecule has 0 aromatic heterocycles. The molecule has 0 aliphatic heterocycles. The molecule has 0 atom stereocenters. The van der Waals surface area contributed by atoms with Gasteiger partial charge in [-0.05, 0) is 25.1 Å². The largest absolute Gasteiger partial charge is 0.493 e. The number of ketones is 1. The summed E-state index contributed by atoms with van der Waals surface area (Å²) in [5.74, 6) is 0.270. The molecular formula is C13H14BrF3O3. The molecule has 0 bridgehead atoms. The first-order valence-corrected chi connectivity index (χ1v) is 6.66. The van der Waals surface area contributed by atoms with Gasteiger partial charge in [-0.3, -0.25) is 4.79 Å². The van der Waals surface area contributed by atoms with E-state index in [1.807, 2.05) is 0 Å². The summed E-state index contributed by atoms with van der Waals surface area (Å²) in [6.07, 6.45) is -4.00. The molecule has 0 aliphatic carbocycles. The summed E-state index contributed by atoms with van der Waals surface area (Å²) in [6.45, 7) is 0.288. The fourth-order valence-electron chi connectivity index (χ4n) is 1.43. The zero-order valence-corrected chi connectivity index (χ0v) is 12.4. The zero-order valence-electron chi connectivity index (χ0n) is 10.8. The number of rotatable bonds is 7. The molecule has 0 unspecified atom stereocenters. The molecule has 1 rings (SSSR count). The highest BCUT2D eigenvalue weighted by Gasteiger charge is 2.27. The summed E-state index contributed by atoms with van der Waals surface area (Å²) in [7, 11) is 0. The van der Waals surface area contributed by atoms with E-state index in [-0.39, 0.29) is 19.0 Å². The van der Waals surface area contributed by atoms with Crippen molar-refractivity contribution in [2.24, 2.45) is 0 Å². The lowest BCUT2D eigenvalue weighted by atomic mass is 10.1. The van der Waals surface area contributed by atoms with Gasteiger partial charge in [0.15, 0.2) is 5.78 Å². The molecule has 0 heterocycles. The summed E-state index contributed by atoms with van der Waals surface area (Å²) < 4.78 is 46.0. The number of hydrogen-bond donors (Lipinski definition) is 0. The molecule has 0 spiro atoms. The van der Waals surface area contributed by atoms with Crippen molar-refractivity contribution in [3.63, 3.8) is 0 Å². The van der Waals surface area contributed by atoms with Crippen LogP contribution in [0.2, 0.25) is 0 Å². The van der Waals surface area contributed by atoms with E-state index < -0.39 is 12.8 Å². The lowest BCUT2D eigenvalue weighted by Gasteiger charge is -2.11. The molecule has 0 amide bonds. The van der Waals surface area contributed by atoms with Crippen molar-refractivity contribution >= 4 is 21.7 Å². The molecule has 0 aliphatic rings. The Bertz CT molecular complexity index is 461. The Kier molecular flexibility index (Phi) is 6.48. The van der Waals surface area contributed by atoms with Crippen molar-refractivity contribution in [2.45, 2.75) is 19.5 Å². The van der Waals surface area contributed by atoms with Crippen molar-refractivity contribution in [3.05, 3.63) is 28.2 Å². The number of carbonyl (C=O) groups excluding carboxylic acids is 1. The number of carbonyl (C=O) groups is 1. The molecule has 112 valence electrons. The molecule has 0 N–H and O–H groups in total. The Morgan fingerprint density at radius 1 is 1.30 bits per heavy atom. The maximum atomic E-state index is 11.8. The number of alkyl halides is 3. The van der Waals surface area contributed by atoms with Gasteiger partial charge in [0.25, 0.3) is 0 Å². The molecule has 0 saturated heterocycles. The summed E-state index contributed by atoms with van der Waals surface area (Å²) in [4.78, 5) is 11.4. The monoisotopic (exact) mass is 354 g/mol. The van der Waals surface area contributed by atoms with Crippen LogP contribution < -0.4 is 4.74 Å². The highest BCUT2D eigenvalue weighted by molar-refractivity contribution is 9.10. The van der Waals surface area contributed by atoms with Crippen LogP contribution in [0.5, 0.6) is 5.75 Å². The van der Waals surface area contributed by atoms with Gasteiger partial charge >= 0.3 is 6.18 Å². The average Bonchev–Trinajstić information content (AvgIpc) is 2.33. The van der Waals surface area contributed by atoms with Crippen LogP contribution in [0.1, 0.15) is 23.7 Å². The molecule has 7 heteroatoms. The van der Waals surface area contributed by atoms with Gasteiger partial charge in [0, 0.05) is 10.9 Å². The van der Waals surface area contributed by atoms with E-state index in [1.165, 1.54) is 6.92 Å². The van der Waals surface area contributed by atoms with Crippen molar-refractivity contribution < 1.29 is 27.4 Å². The maximum Gasteiger partial charge on any atom is 0.411 e. The Balaban J connectivity index is 2.37. The van der Waals surface area contributed by atoms with Gasteiger partial charge in [0.2, 0.25) is 0 Å². The fourth-order valence-corrected chi connectivity index (χ4v) is 1.80. The van der Waals surface area contributed by atoms with Crippen molar-refractivity contribution in [1.29, 1.82) is 0 Å². The number of benzene rings is 1. The summed E-state index contributed by atoms with van der Waals surface area (Å²) in [5.41, 5.74) is 0.426. The predicted octanol–water partition coefficient (Wildman–Crippen LogP) is 4.00. The number of hydrogen-bond acceptors (Lipinski definition) is 3. The van der Waals surface area contributed by atoms with Crippen LogP contribution in [0.3, 0.4) is 0 Å². The van der Waals surface area contributed by atoms with Gasteiger partial charge in [-0.25, -0.2) is 0 Å². The van der Waals surface area contributed by atoms with Gasteiger partial charge in [-0.1, -0.05) is 15.9 Å². The molecule has 0 radical (unpaired) electrons. The van der Waals surface area contributed by atoms with Gasteiger partial charge in [-0.15, -0.1) is 0 Å². The Hall–Kier alpha value is -1.08. The fraction of sp³-hybridized carbons (Fsp3) is 0.462. The van der Waals surface area contributed by atoms with E-state index >= 15 is 0 Å². The molecule has 1 aromatic carbocycles.